The molecule has 0 bridgehead atoms. The lowest BCUT2D eigenvalue weighted by molar-refractivity contribution is 0.457. The minimum atomic E-state index is 0.711. The highest BCUT2D eigenvalue weighted by molar-refractivity contribution is 9.09. The van der Waals surface area contributed by atoms with Crippen LogP contribution >= 0.6 is 15.9 Å². The van der Waals surface area contributed by atoms with Crippen molar-refractivity contribution >= 4 is 15.9 Å². The quantitative estimate of drug-likeness (QED) is 0.694. The van der Waals surface area contributed by atoms with Crippen molar-refractivity contribution in [2.75, 3.05) is 0 Å². The Kier molecular flexibility index (Phi) is 3.22. The zero-order valence-corrected chi connectivity index (χ0v) is 10.1. The Morgan fingerprint density at radius 1 is 1.36 bits per heavy atom. The summed E-state index contributed by atoms with van der Waals surface area (Å²) in [4.78, 5) is 5.07. The van der Waals surface area contributed by atoms with Gasteiger partial charge in [0, 0.05) is 16.7 Å². The molecule has 0 aliphatic heterocycles. The number of nitrogens with zero attached hydrogens (tertiary/aromatic N) is 1. The SMILES string of the molecule is Cc1ccc(C2CCCC(Br)C2)cn1. The van der Waals surface area contributed by atoms with Crippen LogP contribution < -0.4 is 0 Å². The topological polar surface area (TPSA) is 12.9 Å². The summed E-state index contributed by atoms with van der Waals surface area (Å²) in [5.41, 5.74) is 2.53. The summed E-state index contributed by atoms with van der Waals surface area (Å²) in [6.45, 7) is 2.04. The van der Waals surface area contributed by atoms with Crippen molar-refractivity contribution in [1.82, 2.24) is 4.98 Å². The van der Waals surface area contributed by atoms with Crippen molar-refractivity contribution in [3.63, 3.8) is 0 Å². The van der Waals surface area contributed by atoms with Crippen molar-refractivity contribution in [3.8, 4) is 0 Å². The average Bonchev–Trinajstić information content (AvgIpc) is 2.19. The molecule has 2 rings (SSSR count). The Morgan fingerprint density at radius 3 is 2.86 bits per heavy atom. The Labute approximate surface area is 94.1 Å². The fraction of sp³-hybridized carbons (Fsp3) is 0.583. The molecule has 1 aromatic heterocycles. The molecule has 76 valence electrons. The number of aryl methyl sites for hydroxylation is 1. The molecule has 0 amide bonds. The van der Waals surface area contributed by atoms with E-state index in [1.54, 1.807) is 0 Å². The van der Waals surface area contributed by atoms with Crippen molar-refractivity contribution in [1.29, 1.82) is 0 Å². The molecule has 2 unspecified atom stereocenters. The van der Waals surface area contributed by atoms with E-state index in [4.69, 9.17) is 0 Å². The van der Waals surface area contributed by atoms with E-state index >= 15 is 0 Å². The average molecular weight is 254 g/mol. The molecule has 2 atom stereocenters. The summed E-state index contributed by atoms with van der Waals surface area (Å²) in [7, 11) is 0. The molecule has 1 aliphatic rings. The summed E-state index contributed by atoms with van der Waals surface area (Å²) in [5.74, 6) is 0.723. The zero-order chi connectivity index (χ0) is 9.97. The number of aromatic nitrogens is 1. The van der Waals surface area contributed by atoms with E-state index in [0.29, 0.717) is 4.83 Å². The molecule has 1 fully saturated rings. The second kappa shape index (κ2) is 4.43. The highest BCUT2D eigenvalue weighted by Gasteiger charge is 2.21. The smallest absolute Gasteiger partial charge is 0.0372 e. The van der Waals surface area contributed by atoms with Crippen LogP contribution in [0.1, 0.15) is 42.9 Å². The third kappa shape index (κ3) is 2.35. The molecule has 0 spiro atoms. The molecule has 14 heavy (non-hydrogen) atoms. The molecular formula is C12H16BrN. The van der Waals surface area contributed by atoms with Crippen LogP contribution in [-0.2, 0) is 0 Å². The second-order valence-corrected chi connectivity index (χ2v) is 5.49. The van der Waals surface area contributed by atoms with E-state index in [-0.39, 0.29) is 0 Å². The first-order valence-electron chi connectivity index (χ1n) is 5.32. The summed E-state index contributed by atoms with van der Waals surface area (Å²) in [5, 5.41) is 0. The third-order valence-corrected chi connectivity index (χ3v) is 3.85. The molecule has 0 saturated heterocycles. The Bertz CT molecular complexity index is 294. The van der Waals surface area contributed by atoms with Crippen LogP contribution in [0.3, 0.4) is 0 Å². The number of alkyl halides is 1. The van der Waals surface area contributed by atoms with Crippen LogP contribution in [0.5, 0.6) is 0 Å². The van der Waals surface area contributed by atoms with Crippen LogP contribution in [-0.4, -0.2) is 9.81 Å². The van der Waals surface area contributed by atoms with Crippen LogP contribution in [0.4, 0.5) is 0 Å². The molecule has 1 aliphatic carbocycles. The van der Waals surface area contributed by atoms with E-state index in [1.807, 2.05) is 13.1 Å². The molecule has 1 heterocycles. The molecule has 0 radical (unpaired) electrons. The number of hydrogen-bond acceptors (Lipinski definition) is 1. The number of rotatable bonds is 1. The first-order chi connectivity index (χ1) is 6.75. The van der Waals surface area contributed by atoms with Gasteiger partial charge >= 0.3 is 0 Å². The summed E-state index contributed by atoms with van der Waals surface area (Å²) >= 11 is 3.72. The maximum Gasteiger partial charge on any atom is 0.0372 e. The molecule has 0 aromatic carbocycles. The van der Waals surface area contributed by atoms with E-state index < -0.39 is 0 Å². The largest absolute Gasteiger partial charge is 0.261 e. The van der Waals surface area contributed by atoms with Gasteiger partial charge < -0.3 is 0 Å². The molecule has 0 N–H and O–H groups in total. The fourth-order valence-corrected chi connectivity index (χ4v) is 2.93. The van der Waals surface area contributed by atoms with Crippen molar-refractivity contribution in [2.24, 2.45) is 0 Å². The van der Waals surface area contributed by atoms with Gasteiger partial charge in [0.1, 0.15) is 0 Å². The van der Waals surface area contributed by atoms with Gasteiger partial charge in [-0.1, -0.05) is 28.4 Å². The van der Waals surface area contributed by atoms with Crippen molar-refractivity contribution < 1.29 is 0 Å². The normalized spacial score (nSPS) is 27.6. The summed E-state index contributed by atoms with van der Waals surface area (Å²) in [6.07, 6.45) is 7.31. The standard InChI is InChI=1S/C12H16BrN/c1-9-5-6-11(8-14-9)10-3-2-4-12(13)7-10/h5-6,8,10,12H,2-4,7H2,1H3. The maximum absolute atomic E-state index is 4.36. The number of halogens is 1. The van der Waals surface area contributed by atoms with Gasteiger partial charge in [0.25, 0.3) is 0 Å². The lowest BCUT2D eigenvalue weighted by Crippen LogP contribution is -2.13. The predicted octanol–water partition coefficient (Wildman–Crippen LogP) is 3.81. The summed E-state index contributed by atoms with van der Waals surface area (Å²) in [6, 6.07) is 4.35. The van der Waals surface area contributed by atoms with Gasteiger partial charge in [-0.3, -0.25) is 4.98 Å². The Balaban J connectivity index is 2.10. The van der Waals surface area contributed by atoms with Crippen LogP contribution in [0.25, 0.3) is 0 Å². The highest BCUT2D eigenvalue weighted by atomic mass is 79.9. The zero-order valence-electron chi connectivity index (χ0n) is 8.54. The minimum absolute atomic E-state index is 0.711. The van der Waals surface area contributed by atoms with E-state index in [9.17, 15) is 0 Å². The van der Waals surface area contributed by atoms with Gasteiger partial charge in [-0.25, -0.2) is 0 Å². The Morgan fingerprint density at radius 2 is 2.21 bits per heavy atom. The van der Waals surface area contributed by atoms with Crippen LogP contribution in [0, 0.1) is 6.92 Å². The van der Waals surface area contributed by atoms with Crippen molar-refractivity contribution in [3.05, 3.63) is 29.6 Å². The third-order valence-electron chi connectivity index (χ3n) is 3.02. The molecular weight excluding hydrogens is 238 g/mol. The Hall–Kier alpha value is -0.370. The molecule has 2 heteroatoms. The van der Waals surface area contributed by atoms with Gasteiger partial charge in [0.15, 0.2) is 0 Å². The second-order valence-electron chi connectivity index (χ2n) is 4.19. The van der Waals surface area contributed by atoms with Gasteiger partial charge in [0.2, 0.25) is 0 Å². The lowest BCUT2D eigenvalue weighted by atomic mass is 9.85. The number of hydrogen-bond donors (Lipinski definition) is 0. The first kappa shape index (κ1) is 10.2. The highest BCUT2D eigenvalue weighted by Crippen LogP contribution is 2.35. The molecule has 1 nitrogen and oxygen atoms in total. The van der Waals surface area contributed by atoms with Crippen LogP contribution in [0.15, 0.2) is 18.3 Å². The minimum Gasteiger partial charge on any atom is -0.261 e. The van der Waals surface area contributed by atoms with Crippen LogP contribution in [0.2, 0.25) is 0 Å². The molecule has 1 saturated carbocycles. The van der Waals surface area contributed by atoms with Gasteiger partial charge in [-0.2, -0.15) is 0 Å². The van der Waals surface area contributed by atoms with Crippen molar-refractivity contribution in [2.45, 2.75) is 43.4 Å². The van der Waals surface area contributed by atoms with Gasteiger partial charge in [-0.05, 0) is 43.7 Å². The molecule has 1 aromatic rings. The lowest BCUT2D eigenvalue weighted by Gasteiger charge is -2.25. The monoisotopic (exact) mass is 253 g/mol. The van der Waals surface area contributed by atoms with E-state index in [0.717, 1.165) is 11.6 Å². The summed E-state index contributed by atoms with van der Waals surface area (Å²) < 4.78 is 0. The van der Waals surface area contributed by atoms with Gasteiger partial charge in [-0.15, -0.1) is 0 Å². The van der Waals surface area contributed by atoms with E-state index in [1.165, 1.54) is 31.2 Å². The first-order valence-corrected chi connectivity index (χ1v) is 6.24. The predicted molar refractivity (Wildman–Crippen MR) is 62.9 cm³/mol. The van der Waals surface area contributed by atoms with Gasteiger partial charge in [0.05, 0.1) is 0 Å². The fourth-order valence-electron chi connectivity index (χ4n) is 2.15. The maximum atomic E-state index is 4.36. The number of pyridine rings is 1. The van der Waals surface area contributed by atoms with E-state index in [2.05, 4.69) is 33.0 Å².